The van der Waals surface area contributed by atoms with Crippen LogP contribution in [-0.4, -0.2) is 29.9 Å². The molecule has 5 heteroatoms. The van der Waals surface area contributed by atoms with Crippen LogP contribution < -0.4 is 5.73 Å². The third-order valence-corrected chi connectivity index (χ3v) is 4.42. The van der Waals surface area contributed by atoms with E-state index in [-0.39, 0.29) is 12.0 Å². The van der Waals surface area contributed by atoms with Crippen LogP contribution in [0, 0.1) is 0 Å². The number of benzene rings is 2. The second-order valence-electron chi connectivity index (χ2n) is 5.98. The number of carbonyl (C=O) groups excluding carboxylic acids is 2. The smallest absolute Gasteiger partial charge is 0.323 e. The van der Waals surface area contributed by atoms with E-state index in [9.17, 15) is 9.59 Å². The summed E-state index contributed by atoms with van der Waals surface area (Å²) in [6, 6.07) is 15.0. The van der Waals surface area contributed by atoms with Crippen LogP contribution in [0.25, 0.3) is 0 Å². The third kappa shape index (κ3) is 3.31. The molecule has 1 atom stereocenters. The average molecular weight is 324 g/mol. The van der Waals surface area contributed by atoms with Crippen molar-refractivity contribution in [2.45, 2.75) is 25.6 Å². The Morgan fingerprint density at radius 3 is 2.62 bits per heavy atom. The fourth-order valence-corrected chi connectivity index (χ4v) is 3.17. The maximum Gasteiger partial charge on any atom is 0.323 e. The first-order chi connectivity index (χ1) is 11.6. The van der Waals surface area contributed by atoms with Crippen LogP contribution in [0.2, 0.25) is 0 Å². The molecular formula is C19H20N2O3. The molecule has 0 fully saturated rings. The predicted molar refractivity (Wildman–Crippen MR) is 90.2 cm³/mol. The number of hydrogen-bond acceptors (Lipinski definition) is 4. The molecule has 0 unspecified atom stereocenters. The van der Waals surface area contributed by atoms with Gasteiger partial charge >= 0.3 is 5.97 Å². The number of nitrogens with two attached hydrogens (primary N) is 1. The van der Waals surface area contributed by atoms with Crippen molar-refractivity contribution in [3.05, 3.63) is 70.8 Å². The van der Waals surface area contributed by atoms with E-state index in [0.29, 0.717) is 25.1 Å². The van der Waals surface area contributed by atoms with Gasteiger partial charge in [-0.2, -0.15) is 0 Å². The lowest BCUT2D eigenvalue weighted by Gasteiger charge is -2.35. The average Bonchev–Trinajstić information content (AvgIpc) is 2.60. The van der Waals surface area contributed by atoms with Crippen LogP contribution in [-0.2, 0) is 29.0 Å². The van der Waals surface area contributed by atoms with E-state index in [1.165, 1.54) is 18.2 Å². The van der Waals surface area contributed by atoms with Gasteiger partial charge in [0.05, 0.1) is 7.11 Å². The van der Waals surface area contributed by atoms with Gasteiger partial charge < -0.3 is 10.5 Å². The minimum atomic E-state index is -0.453. The summed E-state index contributed by atoms with van der Waals surface area (Å²) in [5.74, 6) is -0.694. The minimum Gasteiger partial charge on any atom is -0.468 e. The van der Waals surface area contributed by atoms with Crippen LogP contribution in [0.15, 0.2) is 48.5 Å². The summed E-state index contributed by atoms with van der Waals surface area (Å²) in [5, 5.41) is 0. The Kier molecular flexibility index (Phi) is 4.62. The number of rotatable bonds is 4. The number of hydrogen-bond donors (Lipinski definition) is 1. The van der Waals surface area contributed by atoms with Gasteiger partial charge in [-0.1, -0.05) is 36.4 Å². The first-order valence-corrected chi connectivity index (χ1v) is 7.86. The fraction of sp³-hybridized carbons (Fsp3) is 0.263. The molecule has 0 spiro atoms. The second kappa shape index (κ2) is 6.84. The van der Waals surface area contributed by atoms with E-state index >= 15 is 0 Å². The predicted octanol–water partition coefficient (Wildman–Crippen LogP) is 1.89. The van der Waals surface area contributed by atoms with E-state index < -0.39 is 5.91 Å². The number of primary amides is 1. The molecule has 2 aromatic carbocycles. The van der Waals surface area contributed by atoms with Gasteiger partial charge in [-0.25, -0.2) is 0 Å². The monoisotopic (exact) mass is 324 g/mol. The SMILES string of the molecule is COC(=O)[C@H]1Cc2ccccc2CN1Cc1cccc(C(N)=O)c1. The van der Waals surface area contributed by atoms with Crippen LogP contribution >= 0.6 is 0 Å². The Hall–Kier alpha value is -2.66. The summed E-state index contributed by atoms with van der Waals surface area (Å²) in [6.07, 6.45) is 0.623. The number of carbonyl (C=O) groups is 2. The minimum absolute atomic E-state index is 0.240. The van der Waals surface area contributed by atoms with Gasteiger partial charge in [0.25, 0.3) is 0 Å². The van der Waals surface area contributed by atoms with E-state index in [4.69, 9.17) is 10.5 Å². The highest BCUT2D eigenvalue weighted by atomic mass is 16.5. The Morgan fingerprint density at radius 2 is 1.92 bits per heavy atom. The number of amides is 1. The molecule has 0 bridgehead atoms. The van der Waals surface area contributed by atoms with Crippen molar-refractivity contribution in [3.63, 3.8) is 0 Å². The summed E-state index contributed by atoms with van der Waals surface area (Å²) >= 11 is 0. The molecule has 2 N–H and O–H groups in total. The van der Waals surface area contributed by atoms with E-state index in [1.54, 1.807) is 18.2 Å². The molecule has 0 saturated carbocycles. The van der Waals surface area contributed by atoms with Crippen molar-refractivity contribution in [3.8, 4) is 0 Å². The summed E-state index contributed by atoms with van der Waals surface area (Å²) in [4.78, 5) is 25.7. The maximum atomic E-state index is 12.2. The highest BCUT2D eigenvalue weighted by Crippen LogP contribution is 2.25. The number of esters is 1. The molecule has 124 valence electrons. The molecule has 0 saturated heterocycles. The maximum absolute atomic E-state index is 12.2. The van der Waals surface area contributed by atoms with Crippen molar-refractivity contribution < 1.29 is 14.3 Å². The van der Waals surface area contributed by atoms with E-state index in [2.05, 4.69) is 17.0 Å². The molecule has 5 nitrogen and oxygen atoms in total. The molecule has 1 aliphatic heterocycles. The zero-order valence-electron chi connectivity index (χ0n) is 13.6. The molecule has 0 aromatic heterocycles. The Balaban J connectivity index is 1.88. The second-order valence-corrected chi connectivity index (χ2v) is 5.98. The zero-order chi connectivity index (χ0) is 17.1. The number of nitrogens with zero attached hydrogens (tertiary/aromatic N) is 1. The number of fused-ring (bicyclic) bond motifs is 1. The first-order valence-electron chi connectivity index (χ1n) is 7.86. The Bertz CT molecular complexity index is 773. The van der Waals surface area contributed by atoms with Crippen molar-refractivity contribution in [2.24, 2.45) is 5.73 Å². The van der Waals surface area contributed by atoms with Crippen LogP contribution in [0.1, 0.15) is 27.0 Å². The van der Waals surface area contributed by atoms with Crippen molar-refractivity contribution in [1.82, 2.24) is 4.90 Å². The lowest BCUT2D eigenvalue weighted by Crippen LogP contribution is -2.45. The fourth-order valence-electron chi connectivity index (χ4n) is 3.17. The Morgan fingerprint density at radius 1 is 1.17 bits per heavy atom. The zero-order valence-corrected chi connectivity index (χ0v) is 13.6. The molecule has 3 rings (SSSR count). The normalized spacial score (nSPS) is 17.1. The Labute approximate surface area is 141 Å². The number of ether oxygens (including phenoxy) is 1. The quantitative estimate of drug-likeness (QED) is 0.872. The topological polar surface area (TPSA) is 72.6 Å². The third-order valence-electron chi connectivity index (χ3n) is 4.42. The molecule has 2 aromatic rings. The van der Waals surface area contributed by atoms with Gasteiger partial charge in [0.1, 0.15) is 6.04 Å². The van der Waals surface area contributed by atoms with Gasteiger partial charge in [-0.05, 0) is 35.2 Å². The van der Waals surface area contributed by atoms with Crippen LogP contribution in [0.4, 0.5) is 0 Å². The van der Waals surface area contributed by atoms with Gasteiger partial charge in [0.2, 0.25) is 5.91 Å². The molecule has 1 aliphatic rings. The lowest BCUT2D eigenvalue weighted by molar-refractivity contribution is -0.148. The van der Waals surface area contributed by atoms with Gasteiger partial charge in [0.15, 0.2) is 0 Å². The first kappa shape index (κ1) is 16.2. The van der Waals surface area contributed by atoms with E-state index in [1.807, 2.05) is 18.2 Å². The van der Waals surface area contributed by atoms with Crippen LogP contribution in [0.3, 0.4) is 0 Å². The molecule has 0 radical (unpaired) electrons. The highest BCUT2D eigenvalue weighted by molar-refractivity contribution is 5.92. The summed E-state index contributed by atoms with van der Waals surface area (Å²) in [5.41, 5.74) is 9.15. The lowest BCUT2D eigenvalue weighted by atomic mass is 9.93. The van der Waals surface area contributed by atoms with Gasteiger partial charge in [-0.3, -0.25) is 14.5 Å². The molecule has 0 aliphatic carbocycles. The van der Waals surface area contributed by atoms with Crippen LogP contribution in [0.5, 0.6) is 0 Å². The number of methoxy groups -OCH3 is 1. The van der Waals surface area contributed by atoms with Crippen molar-refractivity contribution >= 4 is 11.9 Å². The standard InChI is InChI=1S/C19H20N2O3/c1-24-19(23)17-10-14-6-2-3-7-16(14)12-21(17)11-13-5-4-8-15(9-13)18(20)22/h2-9,17H,10-12H2,1H3,(H2,20,22)/t17-/m1/s1. The molecule has 1 heterocycles. The largest absolute Gasteiger partial charge is 0.468 e. The van der Waals surface area contributed by atoms with Gasteiger partial charge in [0, 0.05) is 18.7 Å². The summed E-state index contributed by atoms with van der Waals surface area (Å²) in [7, 11) is 1.41. The van der Waals surface area contributed by atoms with Crippen molar-refractivity contribution in [2.75, 3.05) is 7.11 Å². The molecule has 24 heavy (non-hydrogen) atoms. The molecular weight excluding hydrogens is 304 g/mol. The van der Waals surface area contributed by atoms with E-state index in [0.717, 1.165) is 5.56 Å². The van der Waals surface area contributed by atoms with Crippen molar-refractivity contribution in [1.29, 1.82) is 0 Å². The van der Waals surface area contributed by atoms with Gasteiger partial charge in [-0.15, -0.1) is 0 Å². The molecule has 1 amide bonds. The highest BCUT2D eigenvalue weighted by Gasteiger charge is 2.32. The summed E-state index contributed by atoms with van der Waals surface area (Å²) in [6.45, 7) is 1.21. The summed E-state index contributed by atoms with van der Waals surface area (Å²) < 4.78 is 4.98.